The second-order valence-electron chi connectivity index (χ2n) is 18.2. The zero-order chi connectivity index (χ0) is 38.3. The molecule has 0 spiro atoms. The smallest absolute Gasteiger partial charge is 0.303 e. The molecular weight excluding hydrogens is 656 g/mol. The van der Waals surface area contributed by atoms with Gasteiger partial charge >= 0.3 is 11.9 Å². The van der Waals surface area contributed by atoms with Crippen molar-refractivity contribution in [2.24, 2.45) is 39.4 Å². The Labute approximate surface area is 302 Å². The first-order valence-corrected chi connectivity index (χ1v) is 18.6. The van der Waals surface area contributed by atoms with Crippen molar-refractivity contribution in [1.82, 2.24) is 0 Å². The van der Waals surface area contributed by atoms with E-state index in [1.165, 1.54) is 46.8 Å². The number of Topliss-reactive ketones (excluding diaryl/α,β-unsaturated/α-hetero) is 1. The lowest BCUT2D eigenvalue weighted by atomic mass is 9.38. The van der Waals surface area contributed by atoms with Gasteiger partial charge in [0.05, 0.1) is 23.9 Å². The summed E-state index contributed by atoms with van der Waals surface area (Å²) in [6.45, 7) is 19.1. The monoisotopic (exact) mass is 716 g/mol. The maximum absolute atomic E-state index is 14.9. The van der Waals surface area contributed by atoms with Gasteiger partial charge < -0.3 is 34.3 Å². The number of hydrogen-bond acceptors (Lipinski definition) is 11. The third-order valence-corrected chi connectivity index (χ3v) is 13.8. The summed E-state index contributed by atoms with van der Waals surface area (Å²) < 4.78 is 24.4. The maximum atomic E-state index is 14.9. The highest BCUT2D eigenvalue weighted by atomic mass is 16.7. The summed E-state index contributed by atoms with van der Waals surface area (Å²) in [6, 6.07) is 0. The minimum Gasteiger partial charge on any atom is -0.458 e. The molecule has 1 heterocycles. The fourth-order valence-corrected chi connectivity index (χ4v) is 11.1. The van der Waals surface area contributed by atoms with Gasteiger partial charge in [-0.2, -0.15) is 0 Å². The molecule has 11 heteroatoms. The molecule has 4 fully saturated rings. The lowest BCUT2D eigenvalue weighted by molar-refractivity contribution is -0.292. The standard InChI is InChI=1S/C40H60O11/c1-21-18-26(49-22(2)41)32(50-23(3)42)34(48-21)51-27-19-37(8)28-14-12-24-25(13-15-29(43)36(24,6)7)39(28,10)31(45)20-38(37,9)33(27)40(11,47)30(44)16-17-35(4,5)46/h12,16-17,21,25-29,32-34,43,46-47H,13-15,18-20H2,1-11H3/b17-16+/t21-,25-,26-,27-,28+,29-,32-,33+,34-,37+,38-,39+,40+/m1/s1. The second kappa shape index (κ2) is 13.1. The van der Waals surface area contributed by atoms with E-state index in [1.54, 1.807) is 6.92 Å². The molecule has 0 amide bonds. The van der Waals surface area contributed by atoms with E-state index < -0.39 is 93.3 Å². The molecule has 0 radical (unpaired) electrons. The number of aliphatic hydroxyl groups excluding tert-OH is 1. The van der Waals surface area contributed by atoms with Crippen LogP contribution in [0.25, 0.3) is 0 Å². The van der Waals surface area contributed by atoms with Crippen molar-refractivity contribution in [3.63, 3.8) is 0 Å². The summed E-state index contributed by atoms with van der Waals surface area (Å²) in [5.41, 5.74) is -5.11. The van der Waals surface area contributed by atoms with E-state index in [2.05, 4.69) is 19.9 Å². The van der Waals surface area contributed by atoms with Crippen LogP contribution in [0.2, 0.25) is 0 Å². The first-order chi connectivity index (χ1) is 23.3. The molecule has 13 atom stereocenters. The highest BCUT2D eigenvalue weighted by Crippen LogP contribution is 2.74. The van der Waals surface area contributed by atoms with Gasteiger partial charge in [-0.15, -0.1) is 0 Å². The highest BCUT2D eigenvalue weighted by molar-refractivity contribution is 5.97. The first kappa shape index (κ1) is 39.8. The number of esters is 2. The predicted octanol–water partition coefficient (Wildman–Crippen LogP) is 4.77. The summed E-state index contributed by atoms with van der Waals surface area (Å²) in [5.74, 6) is -2.95. The molecule has 3 saturated carbocycles. The Morgan fingerprint density at radius 3 is 2.18 bits per heavy atom. The van der Waals surface area contributed by atoms with Gasteiger partial charge in [0, 0.05) is 43.4 Å². The molecule has 5 rings (SSSR count). The second-order valence-corrected chi connectivity index (χ2v) is 18.2. The first-order valence-electron chi connectivity index (χ1n) is 18.6. The normalized spacial score (nSPS) is 43.3. The fraction of sp³-hybridized carbons (Fsp3) is 0.800. The molecule has 0 bridgehead atoms. The Hall–Kier alpha value is -2.44. The van der Waals surface area contributed by atoms with Crippen LogP contribution in [0.15, 0.2) is 23.8 Å². The van der Waals surface area contributed by atoms with Gasteiger partial charge in [0.1, 0.15) is 17.5 Å². The summed E-state index contributed by atoms with van der Waals surface area (Å²) >= 11 is 0. The van der Waals surface area contributed by atoms with Gasteiger partial charge in [-0.3, -0.25) is 19.2 Å². The predicted molar refractivity (Wildman–Crippen MR) is 187 cm³/mol. The molecular formula is C40H60O11. The Balaban J connectivity index is 1.63. The molecule has 0 aromatic carbocycles. The zero-order valence-corrected chi connectivity index (χ0v) is 32.3. The van der Waals surface area contributed by atoms with Gasteiger partial charge in [-0.25, -0.2) is 0 Å². The van der Waals surface area contributed by atoms with E-state index in [0.717, 1.165) is 5.57 Å². The van der Waals surface area contributed by atoms with Crippen molar-refractivity contribution >= 4 is 23.5 Å². The van der Waals surface area contributed by atoms with Crippen LogP contribution in [0.1, 0.15) is 115 Å². The topological polar surface area (TPSA) is 166 Å². The Kier molecular flexibility index (Phi) is 10.2. The molecule has 3 N–H and O–H groups in total. The van der Waals surface area contributed by atoms with Gasteiger partial charge in [0.2, 0.25) is 0 Å². The highest BCUT2D eigenvalue weighted by Gasteiger charge is 2.75. The number of fused-ring (bicyclic) bond motifs is 5. The fourth-order valence-electron chi connectivity index (χ4n) is 11.1. The molecule has 11 nitrogen and oxygen atoms in total. The molecule has 1 aliphatic heterocycles. The van der Waals surface area contributed by atoms with Gasteiger partial charge in [0.25, 0.3) is 0 Å². The summed E-state index contributed by atoms with van der Waals surface area (Å²) in [4.78, 5) is 53.4. The third-order valence-electron chi connectivity index (χ3n) is 13.8. The van der Waals surface area contributed by atoms with Gasteiger partial charge in [-0.05, 0) is 82.1 Å². The summed E-state index contributed by atoms with van der Waals surface area (Å²) in [5, 5.41) is 33.8. The largest absolute Gasteiger partial charge is 0.458 e. The van der Waals surface area contributed by atoms with Crippen molar-refractivity contribution in [1.29, 1.82) is 0 Å². The molecule has 5 aliphatic rings. The Morgan fingerprint density at radius 1 is 0.961 bits per heavy atom. The maximum Gasteiger partial charge on any atom is 0.303 e. The quantitative estimate of drug-likeness (QED) is 0.180. The number of allylic oxidation sites excluding steroid dienone is 1. The minimum absolute atomic E-state index is 0.0615. The van der Waals surface area contributed by atoms with E-state index in [0.29, 0.717) is 25.7 Å². The lowest BCUT2D eigenvalue weighted by Gasteiger charge is -2.64. The number of ketones is 2. The van der Waals surface area contributed by atoms with Gasteiger partial charge in [0.15, 0.2) is 18.2 Å². The number of carbonyl (C=O) groups is 4. The van der Waals surface area contributed by atoms with Crippen molar-refractivity contribution in [3.8, 4) is 0 Å². The van der Waals surface area contributed by atoms with E-state index in [1.807, 2.05) is 20.8 Å². The van der Waals surface area contributed by atoms with Crippen LogP contribution in [-0.2, 0) is 38.1 Å². The SMILES string of the molecule is CC(=O)O[C@H]1[C@@H](O[C@@H]2C[C@@]3(C)[C@@H]4CC=C5[C@@H](CC[C@@H](O)C5(C)C)[C@]4(C)C(=O)C[C@]3(C)[C@H]2[C@@](C)(O)C(=O)/C=C/C(C)(C)O)O[C@H](C)C[C@H]1OC(C)=O. The van der Waals surface area contributed by atoms with E-state index in [-0.39, 0.29) is 30.5 Å². The van der Waals surface area contributed by atoms with E-state index in [4.69, 9.17) is 18.9 Å². The average molecular weight is 717 g/mol. The van der Waals surface area contributed by atoms with Crippen LogP contribution >= 0.6 is 0 Å². The molecule has 0 unspecified atom stereocenters. The van der Waals surface area contributed by atoms with Crippen LogP contribution in [0.4, 0.5) is 0 Å². The van der Waals surface area contributed by atoms with E-state index in [9.17, 15) is 34.5 Å². The van der Waals surface area contributed by atoms with Crippen LogP contribution < -0.4 is 0 Å². The molecule has 4 aliphatic carbocycles. The molecule has 0 aromatic rings. The Morgan fingerprint density at radius 2 is 1.59 bits per heavy atom. The van der Waals surface area contributed by atoms with E-state index >= 15 is 0 Å². The number of rotatable bonds is 8. The summed E-state index contributed by atoms with van der Waals surface area (Å²) in [7, 11) is 0. The number of ether oxygens (including phenoxy) is 4. The van der Waals surface area contributed by atoms with Crippen molar-refractivity contribution in [2.75, 3.05) is 0 Å². The lowest BCUT2D eigenvalue weighted by Crippen LogP contribution is -2.65. The van der Waals surface area contributed by atoms with Crippen molar-refractivity contribution < 1.29 is 53.4 Å². The average Bonchev–Trinajstić information content (AvgIpc) is 3.21. The number of aliphatic hydroxyl groups is 3. The van der Waals surface area contributed by atoms with Crippen LogP contribution in [-0.4, -0.2) is 86.8 Å². The van der Waals surface area contributed by atoms with Crippen LogP contribution in [0, 0.1) is 39.4 Å². The third kappa shape index (κ3) is 6.57. The van der Waals surface area contributed by atoms with Crippen molar-refractivity contribution in [3.05, 3.63) is 23.8 Å². The van der Waals surface area contributed by atoms with Crippen LogP contribution in [0.5, 0.6) is 0 Å². The summed E-state index contributed by atoms with van der Waals surface area (Å²) in [6.07, 6.45) is 2.25. The molecule has 286 valence electrons. The number of hydrogen-bond donors (Lipinski definition) is 3. The molecule has 0 aromatic heterocycles. The van der Waals surface area contributed by atoms with Crippen LogP contribution in [0.3, 0.4) is 0 Å². The van der Waals surface area contributed by atoms with Crippen molar-refractivity contribution in [2.45, 2.75) is 163 Å². The minimum atomic E-state index is -2.06. The van der Waals surface area contributed by atoms with Gasteiger partial charge in [-0.1, -0.05) is 52.3 Å². The Bertz CT molecular complexity index is 1490. The number of carbonyl (C=O) groups excluding carboxylic acids is 4. The zero-order valence-electron chi connectivity index (χ0n) is 32.3. The molecule has 1 saturated heterocycles. The molecule has 51 heavy (non-hydrogen) atoms.